The summed E-state index contributed by atoms with van der Waals surface area (Å²) in [6, 6.07) is 5.66. The number of thiazole rings is 1. The van der Waals surface area contributed by atoms with E-state index in [1.54, 1.807) is 6.07 Å². The standard InChI is InChI=1S/C16H15F3N2O4S/c17-16(18,19)25-12-4-2-1-3-10(12)5-6-13(22)20-8-7-14-21-11(9-26-14)15(23)24/h1-4,9H,5-8H2,(H,20,22)(H,23,24). The number of carboxylic acids is 1. The molecule has 0 bridgehead atoms. The van der Waals surface area contributed by atoms with Gasteiger partial charge in [-0.3, -0.25) is 4.79 Å². The van der Waals surface area contributed by atoms with Gasteiger partial charge in [-0.2, -0.15) is 0 Å². The molecule has 0 atom stereocenters. The van der Waals surface area contributed by atoms with Crippen LogP contribution in [0.5, 0.6) is 5.75 Å². The zero-order valence-corrected chi connectivity index (χ0v) is 14.2. The Labute approximate surface area is 150 Å². The molecule has 2 N–H and O–H groups in total. The summed E-state index contributed by atoms with van der Waals surface area (Å²) in [5, 5.41) is 13.4. The number of carboxylic acid groups (broad SMARTS) is 1. The summed E-state index contributed by atoms with van der Waals surface area (Å²) in [4.78, 5) is 26.4. The molecule has 1 heterocycles. The van der Waals surface area contributed by atoms with Crippen LogP contribution < -0.4 is 10.1 Å². The number of nitrogens with one attached hydrogen (secondary N) is 1. The molecule has 0 aliphatic heterocycles. The number of aromatic carboxylic acids is 1. The SMILES string of the molecule is O=C(CCc1ccccc1OC(F)(F)F)NCCc1nc(C(=O)O)cs1. The minimum absolute atomic E-state index is 0.00350. The van der Waals surface area contributed by atoms with Crippen LogP contribution in [0.2, 0.25) is 0 Å². The Morgan fingerprint density at radius 1 is 1.23 bits per heavy atom. The largest absolute Gasteiger partial charge is 0.573 e. The predicted octanol–water partition coefficient (Wildman–Crippen LogP) is 3.03. The maximum atomic E-state index is 12.4. The van der Waals surface area contributed by atoms with Crippen molar-refractivity contribution in [2.45, 2.75) is 25.6 Å². The van der Waals surface area contributed by atoms with Crippen LogP contribution in [-0.4, -0.2) is 34.9 Å². The van der Waals surface area contributed by atoms with Gasteiger partial charge in [-0.1, -0.05) is 18.2 Å². The lowest BCUT2D eigenvalue weighted by Gasteiger charge is -2.13. The summed E-state index contributed by atoms with van der Waals surface area (Å²) in [6.07, 6.45) is -4.33. The van der Waals surface area contributed by atoms with Gasteiger partial charge < -0.3 is 15.2 Å². The van der Waals surface area contributed by atoms with Crippen molar-refractivity contribution in [1.82, 2.24) is 10.3 Å². The third-order valence-electron chi connectivity index (χ3n) is 3.25. The summed E-state index contributed by atoms with van der Waals surface area (Å²) in [7, 11) is 0. The third kappa shape index (κ3) is 6.36. The minimum atomic E-state index is -4.79. The first-order valence-electron chi connectivity index (χ1n) is 7.52. The molecule has 0 aliphatic carbocycles. The molecule has 0 fully saturated rings. The van der Waals surface area contributed by atoms with Gasteiger partial charge in [0, 0.05) is 24.8 Å². The Hall–Kier alpha value is -2.62. The van der Waals surface area contributed by atoms with E-state index in [0.717, 1.165) is 0 Å². The maximum absolute atomic E-state index is 12.4. The Morgan fingerprint density at radius 3 is 2.62 bits per heavy atom. The number of nitrogens with zero attached hydrogens (tertiary/aromatic N) is 1. The van der Waals surface area contributed by atoms with Crippen molar-refractivity contribution in [2.24, 2.45) is 0 Å². The average Bonchev–Trinajstić information content (AvgIpc) is 3.02. The molecule has 140 valence electrons. The molecule has 0 spiro atoms. The topological polar surface area (TPSA) is 88.5 Å². The number of alkyl halides is 3. The highest BCUT2D eigenvalue weighted by Gasteiger charge is 2.31. The first-order valence-corrected chi connectivity index (χ1v) is 8.40. The van der Waals surface area contributed by atoms with Crippen molar-refractivity contribution in [3.63, 3.8) is 0 Å². The Balaban J connectivity index is 1.79. The second kappa shape index (κ2) is 8.65. The fourth-order valence-corrected chi connectivity index (χ4v) is 2.88. The molecule has 2 rings (SSSR count). The number of benzene rings is 1. The van der Waals surface area contributed by atoms with Crippen molar-refractivity contribution in [2.75, 3.05) is 6.54 Å². The van der Waals surface area contributed by atoms with Crippen LogP contribution >= 0.6 is 11.3 Å². The van der Waals surface area contributed by atoms with Crippen LogP contribution in [-0.2, 0) is 17.6 Å². The smallest absolute Gasteiger partial charge is 0.476 e. The number of carbonyl (C=O) groups excluding carboxylic acids is 1. The average molecular weight is 388 g/mol. The number of ether oxygens (including phenoxy) is 1. The molecule has 6 nitrogen and oxygen atoms in total. The van der Waals surface area contributed by atoms with Crippen molar-refractivity contribution >= 4 is 23.2 Å². The van der Waals surface area contributed by atoms with E-state index in [1.165, 1.54) is 34.9 Å². The van der Waals surface area contributed by atoms with E-state index in [-0.39, 0.29) is 42.3 Å². The monoisotopic (exact) mass is 388 g/mol. The van der Waals surface area contributed by atoms with Crippen LogP contribution in [0, 0.1) is 0 Å². The number of carbonyl (C=O) groups is 2. The van der Waals surface area contributed by atoms with E-state index in [9.17, 15) is 22.8 Å². The molecular weight excluding hydrogens is 373 g/mol. The van der Waals surface area contributed by atoms with Gasteiger partial charge in [0.1, 0.15) is 5.75 Å². The molecule has 0 aliphatic rings. The number of hydrogen-bond acceptors (Lipinski definition) is 5. The fraction of sp³-hybridized carbons (Fsp3) is 0.312. The number of aromatic nitrogens is 1. The van der Waals surface area contributed by atoms with Crippen LogP contribution in [0.15, 0.2) is 29.6 Å². The first kappa shape index (κ1) is 19.7. The van der Waals surface area contributed by atoms with Gasteiger partial charge in [-0.25, -0.2) is 9.78 Å². The molecule has 0 saturated heterocycles. The minimum Gasteiger partial charge on any atom is -0.476 e. The lowest BCUT2D eigenvalue weighted by Crippen LogP contribution is -2.26. The quantitative estimate of drug-likeness (QED) is 0.726. The highest BCUT2D eigenvalue weighted by atomic mass is 32.1. The van der Waals surface area contributed by atoms with Crippen LogP contribution in [0.1, 0.15) is 27.5 Å². The van der Waals surface area contributed by atoms with Crippen molar-refractivity contribution in [3.8, 4) is 5.75 Å². The second-order valence-corrected chi connectivity index (χ2v) is 6.13. The number of para-hydroxylation sites is 1. The summed E-state index contributed by atoms with van der Waals surface area (Å²) in [6.45, 7) is 0.256. The third-order valence-corrected chi connectivity index (χ3v) is 4.16. The summed E-state index contributed by atoms with van der Waals surface area (Å²) in [5.74, 6) is -1.77. The van der Waals surface area contributed by atoms with Crippen molar-refractivity contribution in [1.29, 1.82) is 0 Å². The molecule has 0 saturated carbocycles. The summed E-state index contributed by atoms with van der Waals surface area (Å²) in [5.41, 5.74) is 0.239. The van der Waals surface area contributed by atoms with Gasteiger partial charge in [0.2, 0.25) is 5.91 Å². The van der Waals surface area contributed by atoms with E-state index in [2.05, 4.69) is 15.0 Å². The molecule has 2 aromatic rings. The number of amides is 1. The molecule has 1 amide bonds. The number of rotatable bonds is 8. The summed E-state index contributed by atoms with van der Waals surface area (Å²) >= 11 is 1.18. The van der Waals surface area contributed by atoms with Gasteiger partial charge >= 0.3 is 12.3 Å². The number of aryl methyl sites for hydroxylation is 1. The van der Waals surface area contributed by atoms with Crippen molar-refractivity contribution < 1.29 is 32.6 Å². The fourth-order valence-electron chi connectivity index (χ4n) is 2.10. The maximum Gasteiger partial charge on any atom is 0.573 e. The second-order valence-electron chi connectivity index (χ2n) is 5.19. The van der Waals surface area contributed by atoms with E-state index >= 15 is 0 Å². The van der Waals surface area contributed by atoms with Gasteiger partial charge in [-0.15, -0.1) is 24.5 Å². The first-order chi connectivity index (χ1) is 12.2. The van der Waals surface area contributed by atoms with Gasteiger partial charge in [0.05, 0.1) is 5.01 Å². The van der Waals surface area contributed by atoms with Gasteiger partial charge in [-0.05, 0) is 18.1 Å². The van der Waals surface area contributed by atoms with Crippen LogP contribution in [0.25, 0.3) is 0 Å². The van der Waals surface area contributed by atoms with E-state index in [0.29, 0.717) is 11.4 Å². The highest BCUT2D eigenvalue weighted by Crippen LogP contribution is 2.26. The van der Waals surface area contributed by atoms with E-state index < -0.39 is 12.3 Å². The molecule has 0 unspecified atom stereocenters. The zero-order valence-electron chi connectivity index (χ0n) is 13.4. The molecule has 26 heavy (non-hydrogen) atoms. The lowest BCUT2D eigenvalue weighted by atomic mass is 10.1. The van der Waals surface area contributed by atoms with Gasteiger partial charge in [0.25, 0.3) is 0 Å². The van der Waals surface area contributed by atoms with Crippen molar-refractivity contribution in [3.05, 3.63) is 45.9 Å². The molecule has 1 aromatic heterocycles. The lowest BCUT2D eigenvalue weighted by molar-refractivity contribution is -0.274. The van der Waals surface area contributed by atoms with E-state index in [4.69, 9.17) is 5.11 Å². The Kier molecular flexibility index (Phi) is 6.56. The Morgan fingerprint density at radius 2 is 1.96 bits per heavy atom. The van der Waals surface area contributed by atoms with Crippen LogP contribution in [0.3, 0.4) is 0 Å². The number of hydrogen-bond donors (Lipinski definition) is 2. The predicted molar refractivity (Wildman–Crippen MR) is 87.2 cm³/mol. The molecule has 0 radical (unpaired) electrons. The van der Waals surface area contributed by atoms with Gasteiger partial charge in [0.15, 0.2) is 5.69 Å². The normalized spacial score (nSPS) is 11.2. The number of halogens is 3. The van der Waals surface area contributed by atoms with E-state index in [1.807, 2.05) is 0 Å². The molecule has 1 aromatic carbocycles. The summed E-state index contributed by atoms with van der Waals surface area (Å²) < 4.78 is 41.0. The zero-order chi connectivity index (χ0) is 19.2. The molecule has 10 heteroatoms. The highest BCUT2D eigenvalue weighted by molar-refractivity contribution is 7.09. The molecular formula is C16H15F3N2O4S. The Bertz CT molecular complexity index is 777. The van der Waals surface area contributed by atoms with Crippen LogP contribution in [0.4, 0.5) is 13.2 Å².